The summed E-state index contributed by atoms with van der Waals surface area (Å²) in [5, 5.41) is 14.1. The molecule has 3 atom stereocenters. The first kappa shape index (κ1) is 15.7. The number of aromatic hydroxyl groups is 1. The van der Waals surface area contributed by atoms with E-state index in [9.17, 15) is 14.7 Å². The predicted octanol–water partition coefficient (Wildman–Crippen LogP) is 1.78. The van der Waals surface area contributed by atoms with Crippen LogP contribution in [0.3, 0.4) is 0 Å². The van der Waals surface area contributed by atoms with Gasteiger partial charge in [-0.1, -0.05) is 24.6 Å². The number of carbonyl (C=O) groups is 2. The molecular weight excluding hydrogens is 320 g/mol. The van der Waals surface area contributed by atoms with Crippen LogP contribution in [0.15, 0.2) is 36.5 Å². The highest BCUT2D eigenvalue weighted by atomic mass is 16.3. The van der Waals surface area contributed by atoms with Gasteiger partial charge in [0.25, 0.3) is 5.91 Å². The summed E-state index contributed by atoms with van der Waals surface area (Å²) < 4.78 is 1.42. The van der Waals surface area contributed by atoms with Crippen molar-refractivity contribution >= 4 is 11.8 Å². The largest absolute Gasteiger partial charge is 0.504 e. The van der Waals surface area contributed by atoms with Crippen LogP contribution in [-0.2, 0) is 4.79 Å². The molecule has 3 N–H and O–H groups in total. The third-order valence-electron chi connectivity index (χ3n) is 5.30. The fourth-order valence-electron chi connectivity index (χ4n) is 4.08. The number of amides is 2. The summed E-state index contributed by atoms with van der Waals surface area (Å²) >= 11 is 0. The van der Waals surface area contributed by atoms with Gasteiger partial charge in [0, 0.05) is 5.92 Å². The minimum Gasteiger partial charge on any atom is -0.504 e. The van der Waals surface area contributed by atoms with Crippen molar-refractivity contribution < 1.29 is 14.7 Å². The number of fused-ring (bicyclic) bond motifs is 2. The first-order chi connectivity index (χ1) is 12.1. The Morgan fingerprint density at radius 3 is 2.60 bits per heavy atom. The first-order valence-electron chi connectivity index (χ1n) is 8.56. The lowest BCUT2D eigenvalue weighted by Crippen LogP contribution is -2.45. The molecule has 130 valence electrons. The Bertz CT molecular complexity index is 802. The normalized spacial score (nSPS) is 24.2. The Hall–Kier alpha value is -2.83. The highest BCUT2D eigenvalue weighted by Gasteiger charge is 2.43. The van der Waals surface area contributed by atoms with E-state index < -0.39 is 5.91 Å². The van der Waals surface area contributed by atoms with Gasteiger partial charge in [-0.3, -0.25) is 20.4 Å². The Morgan fingerprint density at radius 2 is 1.92 bits per heavy atom. The van der Waals surface area contributed by atoms with Crippen LogP contribution in [0.2, 0.25) is 0 Å². The number of hydrogen-bond donors (Lipinski definition) is 3. The molecule has 7 nitrogen and oxygen atoms in total. The van der Waals surface area contributed by atoms with Gasteiger partial charge in [-0.15, -0.1) is 0 Å². The standard InChI is InChI=1S/C18H20N4O3/c23-15-10-22(13-4-2-1-3-5-13)21-16(15)18(25)20-19-17(24)14-9-11-6-7-12(14)8-11/h1-5,10-12,14,23H,6-9H2,(H,19,24)(H,20,25)/t11-,12-,14-/m0/s1. The van der Waals surface area contributed by atoms with E-state index in [1.807, 2.05) is 30.3 Å². The average molecular weight is 340 g/mol. The van der Waals surface area contributed by atoms with E-state index in [-0.39, 0.29) is 23.3 Å². The molecule has 2 fully saturated rings. The highest BCUT2D eigenvalue weighted by Crippen LogP contribution is 2.48. The zero-order valence-electron chi connectivity index (χ0n) is 13.7. The number of hydrogen-bond acceptors (Lipinski definition) is 4. The third-order valence-corrected chi connectivity index (χ3v) is 5.30. The van der Waals surface area contributed by atoms with E-state index in [0.29, 0.717) is 11.8 Å². The van der Waals surface area contributed by atoms with Crippen LogP contribution >= 0.6 is 0 Å². The molecule has 7 heteroatoms. The van der Waals surface area contributed by atoms with Crippen LogP contribution in [0.1, 0.15) is 36.2 Å². The second-order valence-corrected chi connectivity index (χ2v) is 6.87. The van der Waals surface area contributed by atoms with Gasteiger partial charge in [0.15, 0.2) is 11.4 Å². The second-order valence-electron chi connectivity index (χ2n) is 6.87. The molecule has 1 aromatic heterocycles. The van der Waals surface area contributed by atoms with Crippen molar-refractivity contribution in [3.63, 3.8) is 0 Å². The quantitative estimate of drug-likeness (QED) is 0.742. The zero-order valence-corrected chi connectivity index (χ0v) is 13.7. The number of nitrogens with zero attached hydrogens (tertiary/aromatic N) is 2. The van der Waals surface area contributed by atoms with E-state index in [2.05, 4.69) is 16.0 Å². The Balaban J connectivity index is 1.40. The molecule has 1 heterocycles. The van der Waals surface area contributed by atoms with Crippen LogP contribution in [-0.4, -0.2) is 26.7 Å². The fourth-order valence-corrected chi connectivity index (χ4v) is 4.08. The zero-order chi connectivity index (χ0) is 17.4. The highest BCUT2D eigenvalue weighted by molar-refractivity contribution is 5.96. The van der Waals surface area contributed by atoms with E-state index in [0.717, 1.165) is 24.9 Å². The van der Waals surface area contributed by atoms with E-state index >= 15 is 0 Å². The van der Waals surface area contributed by atoms with E-state index in [4.69, 9.17) is 0 Å². The molecular formula is C18H20N4O3. The average Bonchev–Trinajstić information content (AvgIpc) is 3.35. The van der Waals surface area contributed by atoms with Crippen LogP contribution in [0, 0.1) is 17.8 Å². The maximum Gasteiger partial charge on any atom is 0.294 e. The molecule has 4 rings (SSSR count). The fraction of sp³-hybridized carbons (Fsp3) is 0.389. The Labute approximate surface area is 145 Å². The summed E-state index contributed by atoms with van der Waals surface area (Å²) in [6.07, 6.45) is 5.70. The lowest BCUT2D eigenvalue weighted by molar-refractivity contribution is -0.127. The number of hydrazine groups is 1. The van der Waals surface area contributed by atoms with Crippen molar-refractivity contribution in [2.75, 3.05) is 0 Å². The molecule has 25 heavy (non-hydrogen) atoms. The maximum absolute atomic E-state index is 12.3. The monoisotopic (exact) mass is 340 g/mol. The number of benzene rings is 1. The van der Waals surface area contributed by atoms with Gasteiger partial charge in [-0.2, -0.15) is 5.10 Å². The van der Waals surface area contributed by atoms with E-state index in [1.54, 1.807) is 0 Å². The molecule has 2 saturated carbocycles. The summed E-state index contributed by atoms with van der Waals surface area (Å²) in [6, 6.07) is 9.16. The van der Waals surface area contributed by atoms with Crippen molar-refractivity contribution in [3.8, 4) is 11.4 Å². The predicted molar refractivity (Wildman–Crippen MR) is 89.8 cm³/mol. The van der Waals surface area contributed by atoms with Gasteiger partial charge in [0.2, 0.25) is 5.91 Å². The lowest BCUT2D eigenvalue weighted by Gasteiger charge is -2.20. The number of rotatable bonds is 3. The number of para-hydroxylation sites is 1. The molecule has 2 aromatic rings. The van der Waals surface area contributed by atoms with Crippen LogP contribution in [0.4, 0.5) is 0 Å². The molecule has 0 unspecified atom stereocenters. The van der Waals surface area contributed by atoms with Gasteiger partial charge >= 0.3 is 0 Å². The Kier molecular flexibility index (Phi) is 3.91. The summed E-state index contributed by atoms with van der Waals surface area (Å²) in [7, 11) is 0. The van der Waals surface area contributed by atoms with Crippen molar-refractivity contribution in [2.45, 2.75) is 25.7 Å². The van der Waals surface area contributed by atoms with Crippen LogP contribution < -0.4 is 10.9 Å². The topological polar surface area (TPSA) is 96.3 Å². The Morgan fingerprint density at radius 1 is 1.12 bits per heavy atom. The minimum absolute atomic E-state index is 0.0190. The van der Waals surface area contributed by atoms with Crippen molar-refractivity contribution in [1.82, 2.24) is 20.6 Å². The van der Waals surface area contributed by atoms with Gasteiger partial charge < -0.3 is 5.11 Å². The number of carbonyl (C=O) groups excluding carboxylic acids is 2. The van der Waals surface area contributed by atoms with E-state index in [1.165, 1.54) is 17.3 Å². The number of nitrogens with one attached hydrogen (secondary N) is 2. The molecule has 0 radical (unpaired) electrons. The van der Waals surface area contributed by atoms with Crippen LogP contribution in [0.5, 0.6) is 5.75 Å². The van der Waals surface area contributed by atoms with Crippen molar-refractivity contribution in [1.29, 1.82) is 0 Å². The molecule has 2 amide bonds. The van der Waals surface area contributed by atoms with Gasteiger partial charge in [0.1, 0.15) is 0 Å². The van der Waals surface area contributed by atoms with Gasteiger partial charge in [-0.05, 0) is 43.2 Å². The maximum atomic E-state index is 12.3. The molecule has 2 aliphatic rings. The van der Waals surface area contributed by atoms with Crippen molar-refractivity contribution in [2.24, 2.45) is 17.8 Å². The molecule has 0 saturated heterocycles. The molecule has 2 bridgehead atoms. The lowest BCUT2D eigenvalue weighted by atomic mass is 9.88. The molecule has 1 aromatic carbocycles. The summed E-state index contributed by atoms with van der Waals surface area (Å²) in [5.74, 6) is 0.0472. The SMILES string of the molecule is O=C(NNC(=O)[C@H]1C[C@H]2CC[C@H]1C2)c1nn(-c2ccccc2)cc1O. The van der Waals surface area contributed by atoms with Gasteiger partial charge in [0.05, 0.1) is 11.9 Å². The minimum atomic E-state index is -0.635. The smallest absolute Gasteiger partial charge is 0.294 e. The first-order valence-corrected chi connectivity index (χ1v) is 8.56. The third kappa shape index (κ3) is 2.97. The summed E-state index contributed by atoms with van der Waals surface area (Å²) in [5.41, 5.74) is 5.45. The van der Waals surface area contributed by atoms with Crippen LogP contribution in [0.25, 0.3) is 5.69 Å². The van der Waals surface area contributed by atoms with Crippen molar-refractivity contribution in [3.05, 3.63) is 42.2 Å². The summed E-state index contributed by atoms with van der Waals surface area (Å²) in [4.78, 5) is 24.5. The van der Waals surface area contributed by atoms with Gasteiger partial charge in [-0.25, -0.2) is 4.68 Å². The summed E-state index contributed by atoms with van der Waals surface area (Å²) in [6.45, 7) is 0. The second kappa shape index (κ2) is 6.23. The molecule has 0 spiro atoms. The molecule has 0 aliphatic heterocycles. The molecule has 2 aliphatic carbocycles. The number of aromatic nitrogens is 2.